The SMILES string of the molecule is CCOCC1CN(C2CCNCC2)CC1C. The van der Waals surface area contributed by atoms with Gasteiger partial charge < -0.3 is 10.1 Å². The molecule has 0 amide bonds. The molecule has 2 aliphatic rings. The molecule has 2 atom stereocenters. The van der Waals surface area contributed by atoms with Crippen LogP contribution in [0.4, 0.5) is 0 Å². The molecule has 0 aromatic rings. The van der Waals surface area contributed by atoms with Crippen LogP contribution in [0.25, 0.3) is 0 Å². The summed E-state index contributed by atoms with van der Waals surface area (Å²) in [5.41, 5.74) is 0. The molecule has 0 spiro atoms. The highest BCUT2D eigenvalue weighted by molar-refractivity contribution is 4.87. The summed E-state index contributed by atoms with van der Waals surface area (Å²) in [4.78, 5) is 2.70. The summed E-state index contributed by atoms with van der Waals surface area (Å²) in [7, 11) is 0. The van der Waals surface area contributed by atoms with Crippen molar-refractivity contribution in [2.45, 2.75) is 32.7 Å². The molecular weight excluding hydrogens is 200 g/mol. The second-order valence-electron chi connectivity index (χ2n) is 5.33. The van der Waals surface area contributed by atoms with Crippen molar-refractivity contribution in [2.24, 2.45) is 11.8 Å². The van der Waals surface area contributed by atoms with Crippen LogP contribution in [0.15, 0.2) is 0 Å². The summed E-state index contributed by atoms with van der Waals surface area (Å²) in [6, 6.07) is 0.829. The molecule has 94 valence electrons. The van der Waals surface area contributed by atoms with Crippen LogP contribution in [-0.2, 0) is 4.74 Å². The fourth-order valence-electron chi connectivity index (χ4n) is 3.03. The van der Waals surface area contributed by atoms with E-state index in [1.807, 2.05) is 0 Å². The van der Waals surface area contributed by atoms with Gasteiger partial charge in [0.05, 0.1) is 6.61 Å². The maximum Gasteiger partial charge on any atom is 0.0509 e. The maximum atomic E-state index is 5.58. The predicted octanol–water partition coefficient (Wildman–Crippen LogP) is 1.34. The highest BCUT2D eigenvalue weighted by atomic mass is 16.5. The molecule has 3 heteroatoms. The second kappa shape index (κ2) is 5.99. The van der Waals surface area contributed by atoms with Crippen LogP contribution in [0.5, 0.6) is 0 Å². The summed E-state index contributed by atoms with van der Waals surface area (Å²) in [6.07, 6.45) is 2.65. The van der Waals surface area contributed by atoms with Crippen LogP contribution in [0.2, 0.25) is 0 Å². The van der Waals surface area contributed by atoms with Gasteiger partial charge in [-0.1, -0.05) is 6.92 Å². The first-order chi connectivity index (χ1) is 7.81. The van der Waals surface area contributed by atoms with Crippen LogP contribution in [0, 0.1) is 11.8 Å². The number of piperidine rings is 1. The average Bonchev–Trinajstić information content (AvgIpc) is 2.69. The quantitative estimate of drug-likeness (QED) is 0.783. The van der Waals surface area contributed by atoms with Gasteiger partial charge in [0.15, 0.2) is 0 Å². The lowest BCUT2D eigenvalue weighted by Crippen LogP contribution is -2.42. The van der Waals surface area contributed by atoms with Crippen LogP contribution in [0.3, 0.4) is 0 Å². The van der Waals surface area contributed by atoms with Crippen molar-refractivity contribution in [3.8, 4) is 0 Å². The van der Waals surface area contributed by atoms with Gasteiger partial charge in [-0.25, -0.2) is 0 Å². The predicted molar refractivity (Wildman–Crippen MR) is 66.6 cm³/mol. The van der Waals surface area contributed by atoms with E-state index in [0.717, 1.165) is 31.1 Å². The van der Waals surface area contributed by atoms with E-state index >= 15 is 0 Å². The Kier molecular flexibility index (Phi) is 4.62. The Labute approximate surface area is 99.5 Å². The van der Waals surface area contributed by atoms with Crippen LogP contribution < -0.4 is 5.32 Å². The third-order valence-electron chi connectivity index (χ3n) is 4.16. The third-order valence-corrected chi connectivity index (χ3v) is 4.16. The lowest BCUT2D eigenvalue weighted by atomic mass is 9.99. The Balaban J connectivity index is 1.80. The van der Waals surface area contributed by atoms with Crippen molar-refractivity contribution in [1.29, 1.82) is 0 Å². The minimum Gasteiger partial charge on any atom is -0.381 e. The fraction of sp³-hybridized carbons (Fsp3) is 1.00. The molecule has 2 fully saturated rings. The van der Waals surface area contributed by atoms with E-state index in [9.17, 15) is 0 Å². The van der Waals surface area contributed by atoms with E-state index in [0.29, 0.717) is 0 Å². The van der Waals surface area contributed by atoms with E-state index < -0.39 is 0 Å². The standard InChI is InChI=1S/C13H26N2O/c1-3-16-10-12-9-15(8-11(12)2)13-4-6-14-7-5-13/h11-14H,3-10H2,1-2H3. The summed E-state index contributed by atoms with van der Waals surface area (Å²) in [6.45, 7) is 11.2. The van der Waals surface area contributed by atoms with Crippen molar-refractivity contribution in [3.05, 3.63) is 0 Å². The lowest BCUT2D eigenvalue weighted by Gasteiger charge is -2.31. The molecule has 16 heavy (non-hydrogen) atoms. The number of hydrogen-bond donors (Lipinski definition) is 1. The molecule has 1 N–H and O–H groups in total. The molecule has 0 aromatic heterocycles. The van der Waals surface area contributed by atoms with Crippen molar-refractivity contribution >= 4 is 0 Å². The van der Waals surface area contributed by atoms with E-state index in [4.69, 9.17) is 4.74 Å². The summed E-state index contributed by atoms with van der Waals surface area (Å²) < 4.78 is 5.58. The molecule has 2 aliphatic heterocycles. The number of nitrogens with zero attached hydrogens (tertiary/aromatic N) is 1. The smallest absolute Gasteiger partial charge is 0.0509 e. The molecule has 2 heterocycles. The zero-order chi connectivity index (χ0) is 11.4. The van der Waals surface area contributed by atoms with Gasteiger partial charge in [0.25, 0.3) is 0 Å². The number of ether oxygens (including phenoxy) is 1. The Morgan fingerprint density at radius 1 is 1.25 bits per heavy atom. The first-order valence-corrected chi connectivity index (χ1v) is 6.83. The van der Waals surface area contributed by atoms with Crippen LogP contribution >= 0.6 is 0 Å². The van der Waals surface area contributed by atoms with Crippen molar-refractivity contribution in [2.75, 3.05) is 39.4 Å². The maximum absolute atomic E-state index is 5.58. The summed E-state index contributed by atoms with van der Waals surface area (Å²) in [5.74, 6) is 1.57. The van der Waals surface area contributed by atoms with Crippen LogP contribution in [-0.4, -0.2) is 50.3 Å². The van der Waals surface area contributed by atoms with Crippen molar-refractivity contribution < 1.29 is 4.74 Å². The second-order valence-corrected chi connectivity index (χ2v) is 5.33. The van der Waals surface area contributed by atoms with Crippen LogP contribution in [0.1, 0.15) is 26.7 Å². The zero-order valence-corrected chi connectivity index (χ0v) is 10.7. The molecular formula is C13H26N2O. The minimum atomic E-state index is 0.759. The van der Waals surface area contributed by atoms with Crippen molar-refractivity contribution in [1.82, 2.24) is 10.2 Å². The van der Waals surface area contributed by atoms with E-state index in [2.05, 4.69) is 24.1 Å². The van der Waals surface area contributed by atoms with Gasteiger partial charge >= 0.3 is 0 Å². The molecule has 0 radical (unpaired) electrons. The molecule has 0 aliphatic carbocycles. The normalized spacial score (nSPS) is 33.4. The molecule has 2 unspecified atom stereocenters. The van der Waals surface area contributed by atoms with Gasteiger partial charge in [-0.3, -0.25) is 4.90 Å². The highest BCUT2D eigenvalue weighted by Gasteiger charge is 2.33. The molecule has 2 rings (SSSR count). The fourth-order valence-corrected chi connectivity index (χ4v) is 3.03. The van der Waals surface area contributed by atoms with Gasteiger partial charge in [-0.05, 0) is 44.7 Å². The summed E-state index contributed by atoms with van der Waals surface area (Å²) >= 11 is 0. The number of hydrogen-bond acceptors (Lipinski definition) is 3. The van der Waals surface area contributed by atoms with E-state index in [1.165, 1.54) is 39.0 Å². The Morgan fingerprint density at radius 3 is 2.69 bits per heavy atom. The first kappa shape index (κ1) is 12.3. The average molecular weight is 226 g/mol. The van der Waals surface area contributed by atoms with Gasteiger partial charge in [0, 0.05) is 25.7 Å². The molecule has 0 saturated carbocycles. The van der Waals surface area contributed by atoms with E-state index in [1.54, 1.807) is 0 Å². The lowest BCUT2D eigenvalue weighted by molar-refractivity contribution is 0.0983. The third kappa shape index (κ3) is 2.96. The van der Waals surface area contributed by atoms with Crippen molar-refractivity contribution in [3.63, 3.8) is 0 Å². The molecule has 0 aromatic carbocycles. The van der Waals surface area contributed by atoms with Gasteiger partial charge in [-0.15, -0.1) is 0 Å². The largest absolute Gasteiger partial charge is 0.381 e. The first-order valence-electron chi connectivity index (χ1n) is 6.83. The Hall–Kier alpha value is -0.120. The minimum absolute atomic E-state index is 0.759. The highest BCUT2D eigenvalue weighted by Crippen LogP contribution is 2.27. The zero-order valence-electron chi connectivity index (χ0n) is 10.7. The molecule has 0 bridgehead atoms. The molecule has 3 nitrogen and oxygen atoms in total. The summed E-state index contributed by atoms with van der Waals surface area (Å²) in [5, 5.41) is 3.44. The van der Waals surface area contributed by atoms with E-state index in [-0.39, 0.29) is 0 Å². The number of likely N-dealkylation sites (tertiary alicyclic amines) is 1. The Bertz CT molecular complexity index is 204. The molecule has 2 saturated heterocycles. The number of nitrogens with one attached hydrogen (secondary N) is 1. The van der Waals surface area contributed by atoms with Gasteiger partial charge in [0.1, 0.15) is 0 Å². The number of rotatable bonds is 4. The Morgan fingerprint density at radius 2 is 2.00 bits per heavy atom. The topological polar surface area (TPSA) is 24.5 Å². The van der Waals surface area contributed by atoms with Gasteiger partial charge in [0.2, 0.25) is 0 Å². The van der Waals surface area contributed by atoms with Gasteiger partial charge in [-0.2, -0.15) is 0 Å². The monoisotopic (exact) mass is 226 g/mol.